The van der Waals surface area contributed by atoms with E-state index in [0.717, 1.165) is 11.1 Å². The lowest BCUT2D eigenvalue weighted by Gasteiger charge is -2.41. The first kappa shape index (κ1) is 15.9. The van der Waals surface area contributed by atoms with Crippen LogP contribution in [0, 0.1) is 0 Å². The molecule has 2 aliphatic carbocycles. The van der Waals surface area contributed by atoms with E-state index in [1.54, 1.807) is 0 Å². The van der Waals surface area contributed by atoms with Gasteiger partial charge in [-0.25, -0.2) is 0 Å². The molecule has 4 unspecified atom stereocenters. The molecule has 2 aliphatic rings. The number of fused-ring (bicyclic) bond motifs is 2. The molecule has 0 amide bonds. The smallest absolute Gasteiger partial charge is 0.217 e. The van der Waals surface area contributed by atoms with Gasteiger partial charge in [0, 0.05) is 14.2 Å². The lowest BCUT2D eigenvalue weighted by Crippen LogP contribution is -2.57. The van der Waals surface area contributed by atoms with Crippen LogP contribution in [0.4, 0.5) is 0 Å². The minimum atomic E-state index is -1.29. The van der Waals surface area contributed by atoms with Gasteiger partial charge in [-0.3, -0.25) is 0 Å². The summed E-state index contributed by atoms with van der Waals surface area (Å²) < 4.78 is 11.1. The highest BCUT2D eigenvalue weighted by molar-refractivity contribution is 6.46. The summed E-state index contributed by atoms with van der Waals surface area (Å²) >= 11 is 26.4. The number of methoxy groups -OCH3 is 2. The van der Waals surface area contributed by atoms with Gasteiger partial charge in [0.05, 0.1) is 10.8 Å². The van der Waals surface area contributed by atoms with E-state index in [1.165, 1.54) is 14.2 Å². The predicted octanol–water partition coefficient (Wildman–Crippen LogP) is 4.07. The Bertz CT molecular complexity index is 458. The van der Waals surface area contributed by atoms with E-state index in [0.29, 0.717) is 0 Å². The van der Waals surface area contributed by atoms with Crippen molar-refractivity contribution in [2.75, 3.05) is 14.2 Å². The summed E-state index contributed by atoms with van der Waals surface area (Å²) in [6.45, 7) is 3.87. The van der Waals surface area contributed by atoms with Crippen LogP contribution in [0.25, 0.3) is 0 Å². The fourth-order valence-corrected chi connectivity index (χ4v) is 5.33. The highest BCUT2D eigenvalue weighted by atomic mass is 35.5. The fraction of sp³-hybridized carbons (Fsp3) is 0.692. The zero-order valence-electron chi connectivity index (χ0n) is 11.1. The molecule has 0 aromatic heterocycles. The number of ether oxygens (including phenoxy) is 2. The van der Waals surface area contributed by atoms with Gasteiger partial charge in [0.1, 0.15) is 9.75 Å². The molecule has 0 aromatic rings. The maximum atomic E-state index is 6.83. The van der Waals surface area contributed by atoms with E-state index in [1.807, 2.05) is 26.0 Å². The van der Waals surface area contributed by atoms with Gasteiger partial charge in [-0.2, -0.15) is 0 Å². The van der Waals surface area contributed by atoms with Crippen molar-refractivity contribution in [3.8, 4) is 0 Å². The Balaban J connectivity index is 2.73. The van der Waals surface area contributed by atoms with Crippen LogP contribution in [0.1, 0.15) is 13.8 Å². The van der Waals surface area contributed by atoms with Gasteiger partial charge in [0.25, 0.3) is 0 Å². The lowest BCUT2D eigenvalue weighted by molar-refractivity contribution is -0.216. The summed E-state index contributed by atoms with van der Waals surface area (Å²) in [6, 6.07) is 0. The van der Waals surface area contributed by atoms with E-state index in [2.05, 4.69) is 0 Å². The molecule has 0 saturated heterocycles. The van der Waals surface area contributed by atoms with Gasteiger partial charge in [0.2, 0.25) is 5.79 Å². The minimum Gasteiger partial charge on any atom is -0.350 e. The third-order valence-corrected chi connectivity index (χ3v) is 7.01. The zero-order valence-corrected chi connectivity index (χ0v) is 14.2. The molecule has 0 radical (unpaired) electrons. The number of halogens is 4. The van der Waals surface area contributed by atoms with Gasteiger partial charge >= 0.3 is 0 Å². The van der Waals surface area contributed by atoms with Crippen LogP contribution < -0.4 is 0 Å². The molecule has 2 bridgehead atoms. The molecule has 6 heteroatoms. The van der Waals surface area contributed by atoms with Gasteiger partial charge < -0.3 is 9.47 Å². The Morgan fingerprint density at radius 1 is 1.21 bits per heavy atom. The van der Waals surface area contributed by atoms with Crippen molar-refractivity contribution in [3.63, 3.8) is 0 Å². The topological polar surface area (TPSA) is 18.5 Å². The van der Waals surface area contributed by atoms with Crippen molar-refractivity contribution in [3.05, 3.63) is 23.3 Å². The van der Waals surface area contributed by atoms with Gasteiger partial charge in [0.15, 0.2) is 0 Å². The molecule has 0 heterocycles. The Hall–Kier alpha value is 0.560. The molecule has 108 valence electrons. The number of hydrogen-bond donors (Lipinski definition) is 0. The van der Waals surface area contributed by atoms with Crippen LogP contribution in [0.5, 0.6) is 0 Å². The maximum Gasteiger partial charge on any atom is 0.217 e. The number of hydrogen-bond acceptors (Lipinski definition) is 2. The third kappa shape index (κ3) is 1.54. The lowest BCUT2D eigenvalue weighted by atomic mass is 9.90. The normalized spacial score (nSPS) is 44.6. The Morgan fingerprint density at radius 3 is 2.11 bits per heavy atom. The maximum absolute atomic E-state index is 6.83. The molecular formula is C13H16Cl4O2. The molecule has 1 saturated carbocycles. The molecule has 1 fully saturated rings. The highest BCUT2D eigenvalue weighted by Crippen LogP contribution is 2.68. The number of allylic oxidation sites excluding steroid dienone is 2. The molecule has 2 rings (SSSR count). The summed E-state index contributed by atoms with van der Waals surface area (Å²) in [4.78, 5) is -2.23. The van der Waals surface area contributed by atoms with Crippen molar-refractivity contribution >= 4 is 46.4 Å². The van der Waals surface area contributed by atoms with Gasteiger partial charge in [-0.05, 0) is 19.4 Å². The largest absolute Gasteiger partial charge is 0.350 e. The second-order valence-electron chi connectivity index (χ2n) is 4.84. The fourth-order valence-electron chi connectivity index (χ4n) is 3.12. The molecular weight excluding hydrogens is 330 g/mol. The van der Waals surface area contributed by atoms with Gasteiger partial charge in [-0.1, -0.05) is 17.7 Å². The van der Waals surface area contributed by atoms with Crippen molar-refractivity contribution < 1.29 is 9.47 Å². The summed E-state index contributed by atoms with van der Waals surface area (Å²) in [5, 5.41) is -1.20. The molecule has 19 heavy (non-hydrogen) atoms. The minimum absolute atomic E-state index is 0.596. The molecule has 0 N–H and O–H groups in total. The summed E-state index contributed by atoms with van der Waals surface area (Å²) in [5.41, 5.74) is 1.79. The van der Waals surface area contributed by atoms with E-state index < -0.39 is 26.3 Å². The van der Waals surface area contributed by atoms with Crippen LogP contribution in [0.15, 0.2) is 23.3 Å². The van der Waals surface area contributed by atoms with Crippen LogP contribution in [-0.2, 0) is 9.47 Å². The summed E-state index contributed by atoms with van der Waals surface area (Å²) in [6.07, 6.45) is 3.76. The second kappa shape index (κ2) is 4.79. The average Bonchev–Trinajstić information content (AvgIpc) is 2.69. The Morgan fingerprint density at radius 2 is 1.74 bits per heavy atom. The number of rotatable bonds is 3. The van der Waals surface area contributed by atoms with E-state index in [9.17, 15) is 0 Å². The highest BCUT2D eigenvalue weighted by Gasteiger charge is 2.81. The van der Waals surface area contributed by atoms with E-state index in [4.69, 9.17) is 55.9 Å². The molecule has 2 nitrogen and oxygen atoms in total. The van der Waals surface area contributed by atoms with Crippen LogP contribution >= 0.6 is 46.4 Å². The summed E-state index contributed by atoms with van der Waals surface area (Å²) in [7, 11) is 3.00. The van der Waals surface area contributed by atoms with Crippen LogP contribution in [0.2, 0.25) is 0 Å². The zero-order chi connectivity index (χ0) is 14.6. The van der Waals surface area contributed by atoms with Crippen molar-refractivity contribution in [2.45, 2.75) is 40.1 Å². The van der Waals surface area contributed by atoms with Crippen molar-refractivity contribution in [1.29, 1.82) is 0 Å². The standard InChI is InChI=1S/C13H16Cl4O2/c1-5-7(2)8-6-11(16)9(14)10(15)12(8,17)13(11,18-3)19-4/h5-6,9-10H,1-4H3. The molecule has 0 spiro atoms. The number of alkyl halides is 4. The van der Waals surface area contributed by atoms with Crippen LogP contribution in [-0.4, -0.2) is 40.5 Å². The van der Waals surface area contributed by atoms with Gasteiger partial charge in [-0.15, -0.1) is 46.4 Å². The first-order valence-corrected chi connectivity index (χ1v) is 7.52. The molecule has 0 aliphatic heterocycles. The monoisotopic (exact) mass is 344 g/mol. The Kier molecular flexibility index (Phi) is 4.02. The van der Waals surface area contributed by atoms with Crippen molar-refractivity contribution in [1.82, 2.24) is 0 Å². The first-order chi connectivity index (χ1) is 8.76. The second-order valence-corrected chi connectivity index (χ2v) is 7.00. The molecule has 0 aromatic carbocycles. The quantitative estimate of drug-likeness (QED) is 0.567. The van der Waals surface area contributed by atoms with E-state index in [-0.39, 0.29) is 0 Å². The van der Waals surface area contributed by atoms with Crippen molar-refractivity contribution in [2.24, 2.45) is 0 Å². The van der Waals surface area contributed by atoms with Crippen LogP contribution in [0.3, 0.4) is 0 Å². The first-order valence-electron chi connectivity index (χ1n) is 5.89. The van der Waals surface area contributed by atoms with E-state index >= 15 is 0 Å². The predicted molar refractivity (Wildman–Crippen MR) is 80.7 cm³/mol. The Labute approximate surface area is 133 Å². The average molecular weight is 346 g/mol. The third-order valence-electron chi connectivity index (χ3n) is 4.20. The summed E-state index contributed by atoms with van der Waals surface area (Å²) in [5.74, 6) is -1.29. The molecule has 4 atom stereocenters. The SMILES string of the molecule is CC=C(C)C1=CC2(Cl)C(Cl)C(Cl)C1(Cl)C2(OC)OC.